The van der Waals surface area contributed by atoms with Crippen molar-refractivity contribution in [3.05, 3.63) is 35.7 Å². The minimum atomic E-state index is -1.01. The zero-order chi connectivity index (χ0) is 12.2. The van der Waals surface area contributed by atoms with Crippen molar-refractivity contribution in [3.8, 4) is 0 Å². The number of carboxylic acid groups (broad SMARTS) is 1. The fourth-order valence-electron chi connectivity index (χ4n) is 0.845. The molecule has 0 N–H and O–H groups in total. The van der Waals surface area contributed by atoms with Crippen LogP contribution in [0.25, 0.3) is 10.1 Å². The summed E-state index contributed by atoms with van der Waals surface area (Å²) in [5.41, 5.74) is -0.694. The van der Waals surface area contributed by atoms with Gasteiger partial charge >= 0.3 is 19.5 Å². The number of rotatable bonds is 0. The summed E-state index contributed by atoms with van der Waals surface area (Å²) in [6.07, 6.45) is 0. The Bertz CT molecular complexity index is 441. The third-order valence-corrected chi connectivity index (χ3v) is 2.75. The maximum absolute atomic E-state index is 9.91. The third-order valence-electron chi connectivity index (χ3n) is 1.90. The van der Waals surface area contributed by atoms with Crippen LogP contribution in [-0.4, -0.2) is 5.97 Å². The summed E-state index contributed by atoms with van der Waals surface area (Å²) in [6.45, 7) is 4.80. The molecule has 0 aliphatic rings. The van der Waals surface area contributed by atoms with E-state index in [9.17, 15) is 9.90 Å². The molecule has 1 heterocycles. The second-order valence-electron chi connectivity index (χ2n) is 4.41. The molecule has 0 bridgehead atoms. The van der Waals surface area contributed by atoms with E-state index in [2.05, 4.69) is 18.2 Å². The number of hydrogen-bond donors (Lipinski definition) is 0. The molecular weight excluding hydrogens is 286 g/mol. The summed E-state index contributed by atoms with van der Waals surface area (Å²) >= 11 is 1.73. The van der Waals surface area contributed by atoms with Crippen molar-refractivity contribution in [1.29, 1.82) is 0 Å². The Morgan fingerprint density at radius 1 is 1.29 bits per heavy atom. The molecule has 86 valence electrons. The summed E-state index contributed by atoms with van der Waals surface area (Å²) in [4.78, 5) is 9.91. The standard InChI is InChI=1S/C8H5S.C5H10O2.Zn/c1-2-4-8-7(3-1)5-6-9-8;1-5(2,3)4(6)7;/h1-4,6H;1-3H3,(H,6,7);/q-1;;+2/p-1. The van der Waals surface area contributed by atoms with Crippen LogP contribution in [0, 0.1) is 11.5 Å². The largest absolute Gasteiger partial charge is 2.00 e. The minimum Gasteiger partial charge on any atom is -0.550 e. The molecule has 0 aliphatic heterocycles. The van der Waals surface area contributed by atoms with E-state index >= 15 is 0 Å². The van der Waals surface area contributed by atoms with Gasteiger partial charge in [-0.25, -0.2) is 11.3 Å². The van der Waals surface area contributed by atoms with E-state index in [1.807, 2.05) is 17.5 Å². The van der Waals surface area contributed by atoms with E-state index in [1.54, 1.807) is 32.1 Å². The molecule has 2 rings (SSSR count). The van der Waals surface area contributed by atoms with Crippen molar-refractivity contribution >= 4 is 27.4 Å². The van der Waals surface area contributed by atoms with Gasteiger partial charge < -0.3 is 9.90 Å². The molecule has 0 spiro atoms. The Balaban J connectivity index is 0.000000296. The maximum Gasteiger partial charge on any atom is 2.00 e. The Morgan fingerprint density at radius 2 is 1.82 bits per heavy atom. The molecule has 0 atom stereocenters. The normalized spacial score (nSPS) is 10.1. The topological polar surface area (TPSA) is 40.1 Å². The van der Waals surface area contributed by atoms with Crippen LogP contribution in [0.5, 0.6) is 0 Å². The van der Waals surface area contributed by atoms with Crippen LogP contribution in [0.4, 0.5) is 0 Å². The van der Waals surface area contributed by atoms with Crippen molar-refractivity contribution in [1.82, 2.24) is 0 Å². The second kappa shape index (κ2) is 6.88. The first-order chi connectivity index (χ1) is 7.41. The van der Waals surface area contributed by atoms with Crippen LogP contribution in [0.1, 0.15) is 20.8 Å². The molecule has 4 heteroatoms. The third kappa shape index (κ3) is 5.42. The molecule has 0 aliphatic carbocycles. The van der Waals surface area contributed by atoms with Gasteiger partial charge in [0.25, 0.3) is 0 Å². The van der Waals surface area contributed by atoms with E-state index in [-0.39, 0.29) is 19.5 Å². The Morgan fingerprint density at radius 3 is 2.29 bits per heavy atom. The van der Waals surface area contributed by atoms with Crippen molar-refractivity contribution in [2.24, 2.45) is 5.41 Å². The number of hydrogen-bond acceptors (Lipinski definition) is 3. The van der Waals surface area contributed by atoms with Crippen LogP contribution < -0.4 is 5.11 Å². The first-order valence-electron chi connectivity index (χ1n) is 4.96. The molecule has 0 saturated carbocycles. The zero-order valence-electron chi connectivity index (χ0n) is 10.3. The van der Waals surface area contributed by atoms with E-state index < -0.39 is 11.4 Å². The summed E-state index contributed by atoms with van der Waals surface area (Å²) < 4.78 is 1.32. The number of fused-ring (bicyclic) bond motifs is 1. The van der Waals surface area contributed by atoms with Gasteiger partial charge in [-0.2, -0.15) is 17.5 Å². The van der Waals surface area contributed by atoms with Crippen molar-refractivity contribution in [2.45, 2.75) is 20.8 Å². The van der Waals surface area contributed by atoms with Crippen LogP contribution >= 0.6 is 11.3 Å². The van der Waals surface area contributed by atoms with Crippen LogP contribution in [0.3, 0.4) is 0 Å². The zero-order valence-corrected chi connectivity index (χ0v) is 14.1. The number of aliphatic carboxylic acids is 1. The van der Waals surface area contributed by atoms with Gasteiger partial charge in [0.05, 0.1) is 0 Å². The van der Waals surface area contributed by atoms with Crippen LogP contribution in [0.2, 0.25) is 0 Å². The van der Waals surface area contributed by atoms with E-state index in [0.29, 0.717) is 0 Å². The fraction of sp³-hybridized carbons (Fsp3) is 0.308. The van der Waals surface area contributed by atoms with Gasteiger partial charge in [0.15, 0.2) is 0 Å². The van der Waals surface area contributed by atoms with Crippen LogP contribution in [0.15, 0.2) is 29.6 Å². The van der Waals surface area contributed by atoms with E-state index in [0.717, 1.165) is 0 Å². The molecular formula is C13H14O2SZn. The number of carboxylic acids is 1. The monoisotopic (exact) mass is 298 g/mol. The Labute approximate surface area is 118 Å². The molecule has 2 nitrogen and oxygen atoms in total. The average molecular weight is 300 g/mol. The van der Waals surface area contributed by atoms with Gasteiger partial charge in [-0.3, -0.25) is 0 Å². The summed E-state index contributed by atoms with van der Waals surface area (Å²) in [5.74, 6) is -1.01. The summed E-state index contributed by atoms with van der Waals surface area (Å²) in [5, 5.41) is 13.1. The van der Waals surface area contributed by atoms with E-state index in [1.165, 1.54) is 10.1 Å². The molecule has 1 aromatic carbocycles. The van der Waals surface area contributed by atoms with Gasteiger partial charge in [0.1, 0.15) is 0 Å². The molecule has 17 heavy (non-hydrogen) atoms. The average Bonchev–Trinajstić information content (AvgIpc) is 2.64. The molecule has 0 radical (unpaired) electrons. The van der Waals surface area contributed by atoms with Gasteiger partial charge in [-0.15, -0.1) is 12.1 Å². The predicted molar refractivity (Wildman–Crippen MR) is 65.1 cm³/mol. The number of benzene rings is 1. The minimum absolute atomic E-state index is 0. The predicted octanol–water partition coefficient (Wildman–Crippen LogP) is 2.48. The molecule has 0 amide bonds. The van der Waals surface area contributed by atoms with Crippen LogP contribution in [-0.2, 0) is 24.3 Å². The first-order valence-corrected chi connectivity index (χ1v) is 5.84. The van der Waals surface area contributed by atoms with Gasteiger partial charge in [0, 0.05) is 11.4 Å². The molecule has 2 aromatic rings. The van der Waals surface area contributed by atoms with E-state index in [4.69, 9.17) is 0 Å². The quantitative estimate of drug-likeness (QED) is 0.554. The molecule has 0 saturated heterocycles. The Hall–Kier alpha value is -0.727. The van der Waals surface area contributed by atoms with Gasteiger partial charge in [0.2, 0.25) is 0 Å². The van der Waals surface area contributed by atoms with Gasteiger partial charge in [-0.1, -0.05) is 36.9 Å². The summed E-state index contributed by atoms with van der Waals surface area (Å²) in [7, 11) is 0. The van der Waals surface area contributed by atoms with Crippen molar-refractivity contribution < 1.29 is 29.4 Å². The number of carbonyl (C=O) groups is 1. The smallest absolute Gasteiger partial charge is 0.550 e. The summed E-state index contributed by atoms with van der Waals surface area (Å²) in [6, 6.07) is 11.4. The van der Waals surface area contributed by atoms with Crippen molar-refractivity contribution in [2.75, 3.05) is 0 Å². The number of carbonyl (C=O) groups excluding carboxylic acids is 1. The molecule has 1 aromatic heterocycles. The second-order valence-corrected chi connectivity index (χ2v) is 5.32. The number of thiophene rings is 1. The SMILES string of the molecule is CC(C)(C)C(=O)[O-].[Zn+2].[c-]1csc2ccccc12. The van der Waals surface area contributed by atoms with Gasteiger partial charge in [-0.05, 0) is 0 Å². The molecule has 0 fully saturated rings. The fourth-order valence-corrected chi connectivity index (χ4v) is 1.57. The Kier molecular flexibility index (Phi) is 6.58. The first kappa shape index (κ1) is 16.3. The maximum atomic E-state index is 9.91. The van der Waals surface area contributed by atoms with Crippen molar-refractivity contribution in [3.63, 3.8) is 0 Å². The molecule has 0 unspecified atom stereocenters.